The van der Waals surface area contributed by atoms with Gasteiger partial charge >= 0.3 is 47.8 Å². The van der Waals surface area contributed by atoms with Crippen LogP contribution in [-0.2, 0) is 57.1 Å². The van der Waals surface area contributed by atoms with Crippen LogP contribution in [0.15, 0.2) is 146 Å². The molecule has 0 heterocycles. The number of benzene rings is 8. The van der Waals surface area contributed by atoms with Gasteiger partial charge < -0.3 is 77.3 Å². The lowest BCUT2D eigenvalue weighted by molar-refractivity contribution is -0.159. The molecule has 24 heteroatoms. The van der Waals surface area contributed by atoms with Crippen molar-refractivity contribution in [1.82, 2.24) is 0 Å². The van der Waals surface area contributed by atoms with Gasteiger partial charge in [-0.05, 0) is 178 Å². The number of hydrogen-bond donors (Lipinski definition) is 4. The molecule has 1 aliphatic rings. The topological polar surface area (TPSA) is 328 Å². The van der Waals surface area contributed by atoms with Crippen molar-refractivity contribution in [2.45, 2.75) is 129 Å². The van der Waals surface area contributed by atoms with Gasteiger partial charge in [0.2, 0.25) is 0 Å². The number of methoxy groups -OCH3 is 4. The standard InChI is InChI=1S/C84H88O24/c1-81(2,3)105-69(89)41-101-77(93)49-25-17-45(18-26-49)73-53-33-58(66(98-14)37-61(53)85)75(47-21-29-51(30-22-47)79(95)103-43-71(91)107-83(7,8)9)55-35-60(68(100-16)39-63(55)87)76(48-23-31-52(32-24-48)80(96)104-44-72(92)108-84(10,11)12)56-36-59(67(99-15)40-64(56)88)74(54-34-57(73)65(97-13)38-62(54)86)46-19-27-50(28-20-46)78(94)102-42-70(90)106-82(4,5)6/h17-40,73-76,85-88H,41-44H2,1-16H3. The zero-order valence-electron chi connectivity index (χ0n) is 62.9. The highest BCUT2D eigenvalue weighted by Gasteiger charge is 2.37. The Morgan fingerprint density at radius 3 is 0.583 bits per heavy atom. The quantitative estimate of drug-likeness (QED) is 0.0407. The summed E-state index contributed by atoms with van der Waals surface area (Å²) in [6.45, 7) is 17.2. The lowest BCUT2D eigenvalue weighted by Crippen LogP contribution is -2.27. The van der Waals surface area contributed by atoms with E-state index in [-0.39, 0.29) is 113 Å². The van der Waals surface area contributed by atoms with E-state index in [0.29, 0.717) is 22.3 Å². The maximum absolute atomic E-state index is 13.8. The van der Waals surface area contributed by atoms with E-state index >= 15 is 0 Å². The van der Waals surface area contributed by atoms with Crippen molar-refractivity contribution in [3.8, 4) is 46.0 Å². The first-order valence-electron chi connectivity index (χ1n) is 34.4. The lowest BCUT2D eigenvalue weighted by Gasteiger charge is -2.31. The van der Waals surface area contributed by atoms with Crippen LogP contribution in [0.2, 0.25) is 0 Å². The minimum atomic E-state index is -1.20. The average Bonchev–Trinajstić information content (AvgIpc) is 0.731. The first-order chi connectivity index (χ1) is 50.8. The fraction of sp³-hybridized carbons (Fsp3) is 0.333. The first kappa shape index (κ1) is 80.0. The molecule has 4 unspecified atom stereocenters. The van der Waals surface area contributed by atoms with Gasteiger partial charge in [0.15, 0.2) is 26.4 Å². The number of phenols is 4. The molecule has 0 saturated carbocycles. The molecule has 4 N–H and O–H groups in total. The molecule has 8 aromatic carbocycles. The second-order valence-electron chi connectivity index (χ2n) is 29.5. The van der Waals surface area contributed by atoms with Crippen LogP contribution in [-0.4, -0.2) is 145 Å². The third-order valence-corrected chi connectivity index (χ3v) is 16.9. The minimum Gasteiger partial charge on any atom is -0.507 e. The molecule has 0 aromatic heterocycles. The van der Waals surface area contributed by atoms with Crippen LogP contribution in [0.25, 0.3) is 0 Å². The van der Waals surface area contributed by atoms with Crippen LogP contribution >= 0.6 is 0 Å². The summed E-state index contributed by atoms with van der Waals surface area (Å²) in [5, 5.41) is 51.5. The van der Waals surface area contributed by atoms with Crippen molar-refractivity contribution < 1.29 is 116 Å². The Morgan fingerprint density at radius 2 is 0.435 bits per heavy atom. The van der Waals surface area contributed by atoms with Crippen molar-refractivity contribution in [2.75, 3.05) is 54.9 Å². The van der Waals surface area contributed by atoms with E-state index in [9.17, 15) is 58.8 Å². The second-order valence-corrected chi connectivity index (χ2v) is 29.5. The number of ether oxygens (including phenoxy) is 12. The van der Waals surface area contributed by atoms with Gasteiger partial charge in [0, 0.05) is 92.4 Å². The normalized spacial score (nSPS) is 14.9. The summed E-state index contributed by atoms with van der Waals surface area (Å²) in [5.74, 6) is -12.7. The number of rotatable bonds is 20. The smallest absolute Gasteiger partial charge is 0.344 e. The molecule has 0 radical (unpaired) electrons. The van der Waals surface area contributed by atoms with E-state index in [0.717, 1.165) is 0 Å². The number of phenolic OH excluding ortho intramolecular Hbond substituents is 4. The van der Waals surface area contributed by atoms with Crippen molar-refractivity contribution in [1.29, 1.82) is 0 Å². The van der Waals surface area contributed by atoms with Crippen LogP contribution < -0.4 is 18.9 Å². The van der Waals surface area contributed by atoms with Gasteiger partial charge in [0.1, 0.15) is 68.4 Å². The largest absolute Gasteiger partial charge is 0.507 e. The molecule has 108 heavy (non-hydrogen) atoms. The monoisotopic (exact) mass is 1480 g/mol. The van der Waals surface area contributed by atoms with Gasteiger partial charge in [-0.15, -0.1) is 0 Å². The number of hydrogen-bond acceptors (Lipinski definition) is 24. The summed E-state index contributed by atoms with van der Waals surface area (Å²) in [5.41, 5.74) is -0.384. The molecule has 9 rings (SSSR count). The second kappa shape index (κ2) is 32.7. The predicted octanol–water partition coefficient (Wildman–Crippen LogP) is 13.6. The summed E-state index contributed by atoms with van der Waals surface area (Å²) in [4.78, 5) is 106. The minimum absolute atomic E-state index is 0.0102. The van der Waals surface area contributed by atoms with Gasteiger partial charge in [-0.25, -0.2) is 38.4 Å². The van der Waals surface area contributed by atoms with Crippen molar-refractivity contribution in [3.63, 3.8) is 0 Å². The molecular weight excluding hydrogens is 1390 g/mol. The summed E-state index contributed by atoms with van der Waals surface area (Å²) in [6.07, 6.45) is 0. The van der Waals surface area contributed by atoms with Gasteiger partial charge in [-0.2, -0.15) is 0 Å². The van der Waals surface area contributed by atoms with E-state index in [1.54, 1.807) is 156 Å². The highest BCUT2D eigenvalue weighted by molar-refractivity contribution is 5.93. The summed E-state index contributed by atoms with van der Waals surface area (Å²) in [7, 11) is 5.48. The van der Waals surface area contributed by atoms with E-state index < -0.39 is 120 Å². The molecule has 1 aliphatic carbocycles. The Morgan fingerprint density at radius 1 is 0.269 bits per heavy atom. The molecule has 0 saturated heterocycles. The Balaban J connectivity index is 1.37. The summed E-state index contributed by atoms with van der Waals surface area (Å²) in [6, 6.07) is 36.4. The average molecular weight is 1480 g/mol. The number of carbonyl (C=O) groups is 8. The first-order valence-corrected chi connectivity index (χ1v) is 34.4. The van der Waals surface area contributed by atoms with Crippen molar-refractivity contribution in [3.05, 3.63) is 235 Å². The lowest BCUT2D eigenvalue weighted by atomic mass is 9.75. The van der Waals surface area contributed by atoms with E-state index in [2.05, 4.69) is 0 Å². The zero-order chi connectivity index (χ0) is 79.1. The van der Waals surface area contributed by atoms with Gasteiger partial charge in [0.05, 0.1) is 50.7 Å². The molecule has 0 fully saturated rings. The Hall–Kier alpha value is -12.1. The Labute approximate surface area is 625 Å². The van der Waals surface area contributed by atoms with Crippen LogP contribution in [0, 0.1) is 0 Å². The third-order valence-electron chi connectivity index (χ3n) is 16.9. The maximum Gasteiger partial charge on any atom is 0.344 e. The van der Waals surface area contributed by atoms with Crippen LogP contribution in [0.1, 0.15) is 215 Å². The number of carbonyl (C=O) groups excluding carboxylic acids is 8. The third kappa shape index (κ3) is 19.5. The predicted molar refractivity (Wildman–Crippen MR) is 393 cm³/mol. The molecule has 568 valence electrons. The van der Waals surface area contributed by atoms with Gasteiger partial charge in [0.25, 0.3) is 0 Å². The molecular formula is C84H88O24. The van der Waals surface area contributed by atoms with Gasteiger partial charge in [-0.1, -0.05) is 48.5 Å². The molecule has 0 spiro atoms. The van der Waals surface area contributed by atoms with Crippen LogP contribution in [0.5, 0.6) is 46.0 Å². The molecule has 0 amide bonds. The van der Waals surface area contributed by atoms with Crippen molar-refractivity contribution >= 4 is 47.8 Å². The number of aromatic hydroxyl groups is 4. The van der Waals surface area contributed by atoms with E-state index in [1.807, 2.05) is 0 Å². The van der Waals surface area contributed by atoms with Crippen LogP contribution in [0.3, 0.4) is 0 Å². The number of fused-ring (bicyclic) bond motifs is 8. The molecule has 4 atom stereocenters. The fourth-order valence-corrected chi connectivity index (χ4v) is 12.6. The summed E-state index contributed by atoms with van der Waals surface area (Å²) >= 11 is 0. The zero-order valence-corrected chi connectivity index (χ0v) is 62.9. The van der Waals surface area contributed by atoms with E-state index in [4.69, 9.17) is 56.8 Å². The molecule has 0 aliphatic heterocycles. The molecule has 8 bridgehead atoms. The maximum atomic E-state index is 13.8. The highest BCUT2D eigenvalue weighted by atomic mass is 16.6. The highest BCUT2D eigenvalue weighted by Crippen LogP contribution is 2.54. The molecule has 24 nitrogen and oxygen atoms in total. The fourth-order valence-electron chi connectivity index (χ4n) is 12.6. The van der Waals surface area contributed by atoms with Crippen LogP contribution in [0.4, 0.5) is 0 Å². The summed E-state index contributed by atoms with van der Waals surface area (Å²) < 4.78 is 68.0. The Kier molecular flexibility index (Phi) is 24.3. The SMILES string of the molecule is COc1cc(O)c2cc1C(c1ccc(C(=O)OCC(=O)OC(C)(C)C)cc1)c1cc(c(OC)cc1O)C(c1ccc(C(=O)OCC(=O)OC(C)(C)C)cc1)c1cc(c(OC)cc1O)C(c1ccc(C(=O)OCC(=O)OC(C)(C)C)cc1)c1cc(c(OC)cc1O)C2c1ccc(C(=O)OCC(=O)OC(C)(C)C)cc1. The van der Waals surface area contributed by atoms with Gasteiger partial charge in [-0.3, -0.25) is 0 Å². The number of esters is 8. The van der Waals surface area contributed by atoms with Crippen molar-refractivity contribution in [2.24, 2.45) is 0 Å². The Bertz CT molecular complexity index is 4100. The van der Waals surface area contributed by atoms with E-state index in [1.165, 1.54) is 101 Å². The molecule has 8 aromatic rings.